The molecule has 1 atom stereocenters. The SMILES string of the molecule is CC(O)(COc1cccnc1)Cc1ccc2cn[nH]c2c1. The number of fused-ring (bicyclic) bond motifs is 1. The lowest BCUT2D eigenvalue weighted by Crippen LogP contribution is -2.34. The second-order valence-electron chi connectivity index (χ2n) is 5.44. The number of aromatic nitrogens is 3. The third-order valence-electron chi connectivity index (χ3n) is 3.28. The van der Waals surface area contributed by atoms with E-state index >= 15 is 0 Å². The minimum atomic E-state index is -0.955. The van der Waals surface area contributed by atoms with Crippen LogP contribution in [0.15, 0.2) is 48.9 Å². The largest absolute Gasteiger partial charge is 0.489 e. The fourth-order valence-electron chi connectivity index (χ4n) is 2.26. The highest BCUT2D eigenvalue weighted by molar-refractivity contribution is 5.78. The Kier molecular flexibility index (Phi) is 3.58. The highest BCUT2D eigenvalue weighted by atomic mass is 16.5. The van der Waals surface area contributed by atoms with Gasteiger partial charge in [0.2, 0.25) is 0 Å². The zero-order chi connectivity index (χ0) is 14.7. The molecule has 2 heterocycles. The first kappa shape index (κ1) is 13.6. The molecule has 2 aromatic heterocycles. The fourth-order valence-corrected chi connectivity index (χ4v) is 2.26. The minimum absolute atomic E-state index is 0.208. The molecule has 5 nitrogen and oxygen atoms in total. The molecule has 0 bridgehead atoms. The van der Waals surface area contributed by atoms with E-state index in [2.05, 4.69) is 15.2 Å². The van der Waals surface area contributed by atoms with Crippen LogP contribution in [0.5, 0.6) is 5.75 Å². The molecule has 1 aromatic carbocycles. The average Bonchev–Trinajstić information content (AvgIpc) is 2.93. The molecule has 108 valence electrons. The normalized spacial score (nSPS) is 14.0. The number of pyridine rings is 1. The van der Waals surface area contributed by atoms with Gasteiger partial charge in [0.05, 0.1) is 23.5 Å². The van der Waals surface area contributed by atoms with Crippen LogP contribution in [0.3, 0.4) is 0 Å². The molecule has 0 aliphatic carbocycles. The molecule has 0 radical (unpaired) electrons. The van der Waals surface area contributed by atoms with Crippen LogP contribution in [-0.4, -0.2) is 32.5 Å². The van der Waals surface area contributed by atoms with Crippen molar-refractivity contribution < 1.29 is 9.84 Å². The number of nitrogens with one attached hydrogen (secondary N) is 1. The highest BCUT2D eigenvalue weighted by Crippen LogP contribution is 2.19. The number of ether oxygens (including phenoxy) is 1. The molecule has 21 heavy (non-hydrogen) atoms. The van der Waals surface area contributed by atoms with Crippen LogP contribution in [0.25, 0.3) is 10.9 Å². The number of benzene rings is 1. The molecule has 3 rings (SSSR count). The van der Waals surface area contributed by atoms with E-state index in [0.717, 1.165) is 16.5 Å². The number of aromatic amines is 1. The molecular weight excluding hydrogens is 266 g/mol. The molecule has 0 saturated carbocycles. The molecule has 0 fully saturated rings. The first-order chi connectivity index (χ1) is 10.1. The number of H-pyrrole nitrogens is 1. The Labute approximate surface area is 122 Å². The Bertz CT molecular complexity index is 722. The Balaban J connectivity index is 1.67. The van der Waals surface area contributed by atoms with Crippen LogP contribution in [0.1, 0.15) is 12.5 Å². The van der Waals surface area contributed by atoms with E-state index < -0.39 is 5.60 Å². The summed E-state index contributed by atoms with van der Waals surface area (Å²) in [6.45, 7) is 1.97. The lowest BCUT2D eigenvalue weighted by molar-refractivity contribution is 0.0119. The molecule has 0 amide bonds. The summed E-state index contributed by atoms with van der Waals surface area (Å²) in [6, 6.07) is 9.61. The zero-order valence-corrected chi connectivity index (χ0v) is 11.8. The van der Waals surface area contributed by atoms with Crippen molar-refractivity contribution in [2.75, 3.05) is 6.61 Å². The van der Waals surface area contributed by atoms with Crippen LogP contribution in [0.2, 0.25) is 0 Å². The number of hydrogen-bond acceptors (Lipinski definition) is 4. The maximum atomic E-state index is 10.5. The van der Waals surface area contributed by atoms with Gasteiger partial charge in [-0.05, 0) is 30.7 Å². The van der Waals surface area contributed by atoms with Gasteiger partial charge in [0, 0.05) is 18.0 Å². The topological polar surface area (TPSA) is 71.0 Å². The third-order valence-corrected chi connectivity index (χ3v) is 3.28. The van der Waals surface area contributed by atoms with Crippen molar-refractivity contribution in [1.82, 2.24) is 15.2 Å². The Morgan fingerprint density at radius 2 is 2.19 bits per heavy atom. The first-order valence-electron chi connectivity index (χ1n) is 6.80. The van der Waals surface area contributed by atoms with Crippen molar-refractivity contribution in [3.8, 4) is 5.75 Å². The predicted molar refractivity (Wildman–Crippen MR) is 80.2 cm³/mol. The van der Waals surface area contributed by atoms with Gasteiger partial charge in [0.15, 0.2) is 0 Å². The number of nitrogens with zero attached hydrogens (tertiary/aromatic N) is 2. The van der Waals surface area contributed by atoms with Gasteiger partial charge in [0.1, 0.15) is 12.4 Å². The van der Waals surface area contributed by atoms with E-state index in [1.54, 1.807) is 31.6 Å². The summed E-state index contributed by atoms with van der Waals surface area (Å²) >= 11 is 0. The second kappa shape index (κ2) is 5.54. The summed E-state index contributed by atoms with van der Waals surface area (Å²) in [4.78, 5) is 3.98. The Hall–Kier alpha value is -2.40. The van der Waals surface area contributed by atoms with Gasteiger partial charge >= 0.3 is 0 Å². The minimum Gasteiger partial charge on any atom is -0.489 e. The molecule has 5 heteroatoms. The molecule has 3 aromatic rings. The van der Waals surface area contributed by atoms with Gasteiger partial charge in [-0.3, -0.25) is 10.1 Å². The average molecular weight is 283 g/mol. The van der Waals surface area contributed by atoms with Crippen molar-refractivity contribution in [1.29, 1.82) is 0 Å². The van der Waals surface area contributed by atoms with Gasteiger partial charge < -0.3 is 9.84 Å². The summed E-state index contributed by atoms with van der Waals surface area (Å²) in [7, 11) is 0. The van der Waals surface area contributed by atoms with Crippen molar-refractivity contribution in [3.05, 3.63) is 54.5 Å². The van der Waals surface area contributed by atoms with E-state index in [1.807, 2.05) is 24.3 Å². The third kappa shape index (κ3) is 3.38. The smallest absolute Gasteiger partial charge is 0.137 e. The van der Waals surface area contributed by atoms with Crippen LogP contribution in [0.4, 0.5) is 0 Å². The van der Waals surface area contributed by atoms with E-state index in [0.29, 0.717) is 12.2 Å². The fraction of sp³-hybridized carbons (Fsp3) is 0.250. The standard InChI is InChI=1S/C16H17N3O2/c1-16(20,11-21-14-3-2-6-17-10-14)8-12-4-5-13-9-18-19-15(13)7-12/h2-7,9-10,20H,8,11H2,1H3,(H,18,19). The van der Waals surface area contributed by atoms with Crippen molar-refractivity contribution in [2.24, 2.45) is 0 Å². The van der Waals surface area contributed by atoms with Gasteiger partial charge in [-0.25, -0.2) is 0 Å². The number of hydrogen-bond donors (Lipinski definition) is 2. The van der Waals surface area contributed by atoms with Crippen LogP contribution < -0.4 is 4.74 Å². The molecule has 0 aliphatic heterocycles. The maximum Gasteiger partial charge on any atom is 0.137 e. The van der Waals surface area contributed by atoms with Crippen LogP contribution in [0, 0.1) is 0 Å². The van der Waals surface area contributed by atoms with Gasteiger partial charge in [0.25, 0.3) is 0 Å². The maximum absolute atomic E-state index is 10.5. The summed E-state index contributed by atoms with van der Waals surface area (Å²) in [5.41, 5.74) is 1.05. The quantitative estimate of drug-likeness (QED) is 0.754. The first-order valence-corrected chi connectivity index (χ1v) is 6.80. The number of rotatable bonds is 5. The predicted octanol–water partition coefficient (Wildman–Crippen LogP) is 2.33. The van der Waals surface area contributed by atoms with E-state index in [1.165, 1.54) is 0 Å². The van der Waals surface area contributed by atoms with Crippen molar-refractivity contribution in [3.63, 3.8) is 0 Å². The van der Waals surface area contributed by atoms with E-state index in [-0.39, 0.29) is 6.61 Å². The van der Waals surface area contributed by atoms with Crippen LogP contribution in [-0.2, 0) is 6.42 Å². The van der Waals surface area contributed by atoms with E-state index in [9.17, 15) is 5.11 Å². The number of aliphatic hydroxyl groups is 1. The lowest BCUT2D eigenvalue weighted by atomic mass is 9.97. The molecule has 1 unspecified atom stereocenters. The molecule has 0 aliphatic rings. The Morgan fingerprint density at radius 1 is 1.29 bits per heavy atom. The second-order valence-corrected chi connectivity index (χ2v) is 5.44. The van der Waals surface area contributed by atoms with E-state index in [4.69, 9.17) is 4.74 Å². The summed E-state index contributed by atoms with van der Waals surface area (Å²) in [5, 5.41) is 18.5. The molecule has 0 spiro atoms. The van der Waals surface area contributed by atoms with Gasteiger partial charge in [-0.2, -0.15) is 5.10 Å². The monoisotopic (exact) mass is 283 g/mol. The van der Waals surface area contributed by atoms with Gasteiger partial charge in [-0.15, -0.1) is 0 Å². The Morgan fingerprint density at radius 3 is 3.00 bits per heavy atom. The molecule has 2 N–H and O–H groups in total. The van der Waals surface area contributed by atoms with Crippen molar-refractivity contribution in [2.45, 2.75) is 18.9 Å². The van der Waals surface area contributed by atoms with Crippen molar-refractivity contribution >= 4 is 10.9 Å². The van der Waals surface area contributed by atoms with Crippen LogP contribution >= 0.6 is 0 Å². The summed E-state index contributed by atoms with van der Waals surface area (Å²) in [5.74, 6) is 0.654. The molecule has 0 saturated heterocycles. The lowest BCUT2D eigenvalue weighted by Gasteiger charge is -2.23. The highest BCUT2D eigenvalue weighted by Gasteiger charge is 2.22. The molecular formula is C16H17N3O2. The zero-order valence-electron chi connectivity index (χ0n) is 11.8. The summed E-state index contributed by atoms with van der Waals surface area (Å²) in [6.07, 6.45) is 5.60. The van der Waals surface area contributed by atoms with Gasteiger partial charge in [-0.1, -0.05) is 12.1 Å². The summed E-state index contributed by atoms with van der Waals surface area (Å²) < 4.78 is 5.58.